The number of methoxy groups -OCH3 is 2. The molecule has 1 aliphatic heterocycles. The van der Waals surface area contributed by atoms with Gasteiger partial charge in [0.25, 0.3) is 5.56 Å². The first kappa shape index (κ1) is 17.1. The van der Waals surface area contributed by atoms with Crippen molar-refractivity contribution in [2.75, 3.05) is 25.7 Å². The fraction of sp³-hybridized carbons (Fsp3) is 0.471. The molecule has 2 aromatic rings. The number of rotatable bonds is 4. The van der Waals surface area contributed by atoms with E-state index >= 15 is 0 Å². The van der Waals surface area contributed by atoms with Gasteiger partial charge in [0.2, 0.25) is 5.82 Å². The van der Waals surface area contributed by atoms with Crippen LogP contribution < -0.4 is 25.6 Å². The Hall–Kier alpha value is -2.77. The van der Waals surface area contributed by atoms with Gasteiger partial charge in [-0.1, -0.05) is 0 Å². The summed E-state index contributed by atoms with van der Waals surface area (Å²) in [6.45, 7) is 0.686. The molecule has 0 N–H and O–H groups in total. The second-order valence-corrected chi connectivity index (χ2v) is 6.05. The van der Waals surface area contributed by atoms with E-state index in [1.807, 2.05) is 23.1 Å². The SMILES string of the molecule is COc1ccc(OC)c(C2CCCN2c2nn(C)c(=O)n(C)c2=O)c1. The monoisotopic (exact) mass is 346 g/mol. The Morgan fingerprint density at radius 3 is 2.60 bits per heavy atom. The highest BCUT2D eigenvalue weighted by Gasteiger charge is 2.32. The molecule has 1 saturated heterocycles. The van der Waals surface area contributed by atoms with Gasteiger partial charge in [0.05, 0.1) is 20.3 Å². The third-order valence-corrected chi connectivity index (χ3v) is 4.63. The highest BCUT2D eigenvalue weighted by Crippen LogP contribution is 2.39. The van der Waals surface area contributed by atoms with E-state index in [0.29, 0.717) is 6.54 Å². The largest absolute Gasteiger partial charge is 0.497 e. The number of nitrogens with zero attached hydrogens (tertiary/aromatic N) is 4. The van der Waals surface area contributed by atoms with Gasteiger partial charge >= 0.3 is 5.69 Å². The van der Waals surface area contributed by atoms with Crippen molar-refractivity contribution in [3.63, 3.8) is 0 Å². The standard InChI is InChI=1S/C17H22N4O4/c1-19-16(22)15(18-20(2)17(19)23)21-9-5-6-13(21)12-10-11(24-3)7-8-14(12)25-4/h7-8,10,13H,5-6,9H2,1-4H3. The van der Waals surface area contributed by atoms with E-state index in [4.69, 9.17) is 9.47 Å². The Bertz CT molecular complexity index is 902. The van der Waals surface area contributed by atoms with E-state index in [-0.39, 0.29) is 11.9 Å². The van der Waals surface area contributed by atoms with Crippen LogP contribution in [-0.4, -0.2) is 35.1 Å². The maximum absolute atomic E-state index is 12.6. The van der Waals surface area contributed by atoms with E-state index in [0.717, 1.165) is 34.5 Å². The van der Waals surface area contributed by atoms with Crippen LogP contribution in [0.3, 0.4) is 0 Å². The van der Waals surface area contributed by atoms with Gasteiger partial charge in [-0.2, -0.15) is 0 Å². The first-order chi connectivity index (χ1) is 12.0. The quantitative estimate of drug-likeness (QED) is 0.816. The lowest BCUT2D eigenvalue weighted by atomic mass is 10.0. The van der Waals surface area contributed by atoms with Crippen LogP contribution in [0.1, 0.15) is 24.4 Å². The van der Waals surface area contributed by atoms with Crippen molar-refractivity contribution in [3.05, 3.63) is 44.6 Å². The summed E-state index contributed by atoms with van der Waals surface area (Å²) >= 11 is 0. The van der Waals surface area contributed by atoms with Crippen LogP contribution in [0.25, 0.3) is 0 Å². The first-order valence-corrected chi connectivity index (χ1v) is 8.10. The third-order valence-electron chi connectivity index (χ3n) is 4.63. The van der Waals surface area contributed by atoms with Crippen molar-refractivity contribution < 1.29 is 9.47 Å². The van der Waals surface area contributed by atoms with Gasteiger partial charge in [-0.3, -0.25) is 9.36 Å². The number of hydrogen-bond donors (Lipinski definition) is 0. The van der Waals surface area contributed by atoms with E-state index in [1.54, 1.807) is 21.3 Å². The highest BCUT2D eigenvalue weighted by molar-refractivity contribution is 5.49. The summed E-state index contributed by atoms with van der Waals surface area (Å²) in [7, 11) is 6.24. The maximum Gasteiger partial charge on any atom is 0.346 e. The Labute approximate surface area is 145 Å². The Kier molecular flexibility index (Phi) is 4.52. The number of hydrogen-bond acceptors (Lipinski definition) is 6. The summed E-state index contributed by atoms with van der Waals surface area (Å²) in [5.41, 5.74) is 0.109. The minimum Gasteiger partial charge on any atom is -0.497 e. The van der Waals surface area contributed by atoms with Gasteiger partial charge in [0, 0.05) is 26.2 Å². The van der Waals surface area contributed by atoms with Crippen LogP contribution in [0, 0.1) is 0 Å². The molecule has 1 aliphatic rings. The second kappa shape index (κ2) is 6.62. The molecule has 1 fully saturated rings. The number of benzene rings is 1. The lowest BCUT2D eigenvalue weighted by molar-refractivity contribution is 0.395. The second-order valence-electron chi connectivity index (χ2n) is 6.05. The van der Waals surface area contributed by atoms with Crippen LogP contribution in [0.2, 0.25) is 0 Å². The summed E-state index contributed by atoms with van der Waals surface area (Å²) in [4.78, 5) is 26.4. The van der Waals surface area contributed by atoms with Crippen LogP contribution in [0.4, 0.5) is 5.82 Å². The van der Waals surface area contributed by atoms with Crippen molar-refractivity contribution in [2.24, 2.45) is 14.1 Å². The summed E-state index contributed by atoms with van der Waals surface area (Å²) in [5, 5.41) is 4.21. The maximum atomic E-state index is 12.6. The summed E-state index contributed by atoms with van der Waals surface area (Å²) < 4.78 is 13.1. The van der Waals surface area contributed by atoms with E-state index in [2.05, 4.69) is 5.10 Å². The lowest BCUT2D eigenvalue weighted by Gasteiger charge is -2.27. The van der Waals surface area contributed by atoms with Crippen LogP contribution in [0.15, 0.2) is 27.8 Å². The minimum absolute atomic E-state index is 0.0669. The van der Waals surface area contributed by atoms with E-state index in [9.17, 15) is 9.59 Å². The summed E-state index contributed by atoms with van der Waals surface area (Å²) in [6, 6.07) is 5.55. The van der Waals surface area contributed by atoms with Crippen LogP contribution >= 0.6 is 0 Å². The summed E-state index contributed by atoms with van der Waals surface area (Å²) in [5.74, 6) is 1.74. The predicted octanol–water partition coefficient (Wildman–Crippen LogP) is 0.838. The highest BCUT2D eigenvalue weighted by atomic mass is 16.5. The van der Waals surface area contributed by atoms with Gasteiger partial charge in [-0.25, -0.2) is 9.48 Å². The molecule has 1 aromatic carbocycles. The van der Waals surface area contributed by atoms with Crippen LogP contribution in [-0.2, 0) is 14.1 Å². The van der Waals surface area contributed by atoms with Crippen molar-refractivity contribution in [3.8, 4) is 11.5 Å². The van der Waals surface area contributed by atoms with Gasteiger partial charge in [0.1, 0.15) is 11.5 Å². The molecule has 1 atom stereocenters. The molecule has 1 unspecified atom stereocenters. The zero-order valence-electron chi connectivity index (χ0n) is 14.9. The predicted molar refractivity (Wildman–Crippen MR) is 93.6 cm³/mol. The van der Waals surface area contributed by atoms with E-state index in [1.165, 1.54) is 11.7 Å². The Morgan fingerprint density at radius 2 is 1.92 bits per heavy atom. The molecular formula is C17H22N4O4. The van der Waals surface area contributed by atoms with Crippen molar-refractivity contribution in [1.82, 2.24) is 14.3 Å². The average molecular weight is 346 g/mol. The molecule has 0 saturated carbocycles. The zero-order valence-corrected chi connectivity index (χ0v) is 14.9. The molecule has 0 spiro atoms. The summed E-state index contributed by atoms with van der Waals surface area (Å²) in [6.07, 6.45) is 1.77. The van der Waals surface area contributed by atoms with Gasteiger partial charge in [-0.15, -0.1) is 5.10 Å². The molecule has 25 heavy (non-hydrogen) atoms. The number of ether oxygens (including phenoxy) is 2. The Balaban J connectivity index is 2.11. The normalized spacial score (nSPS) is 17.0. The molecule has 8 heteroatoms. The van der Waals surface area contributed by atoms with Crippen molar-refractivity contribution >= 4 is 5.82 Å². The molecule has 0 radical (unpaired) electrons. The molecular weight excluding hydrogens is 324 g/mol. The number of aryl methyl sites for hydroxylation is 1. The molecule has 134 valence electrons. The van der Waals surface area contributed by atoms with E-state index < -0.39 is 11.2 Å². The van der Waals surface area contributed by atoms with Crippen molar-refractivity contribution in [1.29, 1.82) is 0 Å². The lowest BCUT2D eigenvalue weighted by Crippen LogP contribution is -2.43. The molecule has 1 aromatic heterocycles. The van der Waals surface area contributed by atoms with Gasteiger partial charge in [0.15, 0.2) is 0 Å². The molecule has 8 nitrogen and oxygen atoms in total. The molecule has 0 amide bonds. The third kappa shape index (κ3) is 2.88. The van der Waals surface area contributed by atoms with Crippen LogP contribution in [0.5, 0.6) is 11.5 Å². The topological polar surface area (TPSA) is 78.6 Å². The fourth-order valence-corrected chi connectivity index (χ4v) is 3.31. The minimum atomic E-state index is -0.441. The molecule has 2 heterocycles. The average Bonchev–Trinajstić information content (AvgIpc) is 3.11. The van der Waals surface area contributed by atoms with Crippen molar-refractivity contribution in [2.45, 2.75) is 18.9 Å². The smallest absolute Gasteiger partial charge is 0.346 e. The number of anilines is 1. The molecule has 3 rings (SSSR count). The zero-order chi connectivity index (χ0) is 18.1. The van der Waals surface area contributed by atoms with Gasteiger partial charge < -0.3 is 14.4 Å². The molecule has 0 aliphatic carbocycles. The Morgan fingerprint density at radius 1 is 1.16 bits per heavy atom. The fourth-order valence-electron chi connectivity index (χ4n) is 3.31. The first-order valence-electron chi connectivity index (χ1n) is 8.10. The van der Waals surface area contributed by atoms with Gasteiger partial charge in [-0.05, 0) is 31.0 Å². The molecule has 0 bridgehead atoms. The number of aromatic nitrogens is 3.